The van der Waals surface area contributed by atoms with Crippen LogP contribution in [0.15, 0.2) is 77.4 Å². The molecule has 3 heterocycles. The molecule has 0 saturated carbocycles. The number of fused-ring (bicyclic) bond motifs is 1. The maximum Gasteiger partial charge on any atom is 0.416 e. The first-order valence-electron chi connectivity index (χ1n) is 10.3. The Morgan fingerprint density at radius 2 is 1.77 bits per heavy atom. The minimum Gasteiger partial charge on any atom is -0.489 e. The summed E-state index contributed by atoms with van der Waals surface area (Å²) < 4.78 is 74.1. The first-order valence-corrected chi connectivity index (χ1v) is 12.7. The molecule has 5 rings (SSSR count). The summed E-state index contributed by atoms with van der Waals surface area (Å²) in [6.45, 7) is 0.577. The van der Waals surface area contributed by atoms with E-state index >= 15 is 0 Å². The van der Waals surface area contributed by atoms with E-state index in [0.717, 1.165) is 23.5 Å². The molecule has 0 atom stereocenters. The molecule has 1 aliphatic heterocycles. The Hall–Kier alpha value is -3.64. The third-order valence-electron chi connectivity index (χ3n) is 5.36. The van der Waals surface area contributed by atoms with Gasteiger partial charge in [-0.25, -0.2) is 13.4 Å². The number of sulfonamides is 1. The van der Waals surface area contributed by atoms with Crippen molar-refractivity contribution in [2.45, 2.75) is 11.1 Å². The van der Waals surface area contributed by atoms with Gasteiger partial charge in [-0.15, -0.1) is 11.3 Å². The Bertz CT molecular complexity index is 1460. The van der Waals surface area contributed by atoms with Gasteiger partial charge >= 0.3 is 6.18 Å². The molecule has 0 radical (unpaired) electrons. The second-order valence-corrected chi connectivity index (χ2v) is 10.1. The van der Waals surface area contributed by atoms with Crippen molar-refractivity contribution in [2.24, 2.45) is 0 Å². The van der Waals surface area contributed by atoms with Gasteiger partial charge in [0, 0.05) is 41.3 Å². The fourth-order valence-electron chi connectivity index (χ4n) is 3.78. The number of aromatic nitrogens is 2. The van der Waals surface area contributed by atoms with Gasteiger partial charge in [0.1, 0.15) is 12.4 Å². The number of thiazole rings is 1. The van der Waals surface area contributed by atoms with Gasteiger partial charge < -0.3 is 9.64 Å². The van der Waals surface area contributed by atoms with Crippen molar-refractivity contribution in [1.29, 1.82) is 0 Å². The third kappa shape index (κ3) is 4.66. The minimum atomic E-state index is -4.50. The van der Waals surface area contributed by atoms with E-state index in [1.54, 1.807) is 23.6 Å². The van der Waals surface area contributed by atoms with Crippen molar-refractivity contribution >= 4 is 37.9 Å². The van der Waals surface area contributed by atoms with Gasteiger partial charge in [0.15, 0.2) is 5.13 Å². The van der Waals surface area contributed by atoms with E-state index in [9.17, 15) is 21.6 Å². The molecule has 35 heavy (non-hydrogen) atoms. The molecule has 0 aliphatic carbocycles. The first-order chi connectivity index (χ1) is 16.7. The Labute approximate surface area is 202 Å². The van der Waals surface area contributed by atoms with Crippen molar-refractivity contribution in [3.63, 3.8) is 0 Å². The predicted octanol–water partition coefficient (Wildman–Crippen LogP) is 5.56. The highest BCUT2D eigenvalue weighted by Crippen LogP contribution is 2.44. The molecule has 12 heteroatoms. The van der Waals surface area contributed by atoms with Gasteiger partial charge in [-0.3, -0.25) is 9.71 Å². The van der Waals surface area contributed by atoms with Crippen LogP contribution in [0, 0.1) is 0 Å². The number of benzene rings is 2. The van der Waals surface area contributed by atoms with Crippen molar-refractivity contribution in [3.05, 3.63) is 78.1 Å². The molecule has 1 aliphatic rings. The number of hydrogen-bond acceptors (Lipinski definition) is 7. The fraction of sp³-hybridized carbons (Fsp3) is 0.130. The standard InChI is InChI=1S/C23H17F3N4O3S2/c24-23(25,26)16-1-3-19(18(13-16)15-5-7-27-8-6-15)30-10-11-33-21-14-17(2-4-20(21)30)35(31,32)29-22-28-9-12-34-22/h1-9,12-14H,10-11H2,(H,28,29). The molecule has 0 unspecified atom stereocenters. The van der Waals surface area contributed by atoms with Crippen LogP contribution >= 0.6 is 11.3 Å². The van der Waals surface area contributed by atoms with Crippen LogP contribution < -0.4 is 14.4 Å². The number of pyridine rings is 1. The van der Waals surface area contributed by atoms with Crippen LogP contribution in [-0.4, -0.2) is 31.5 Å². The molecule has 0 bridgehead atoms. The van der Waals surface area contributed by atoms with Gasteiger partial charge in [0.2, 0.25) is 0 Å². The number of alkyl halides is 3. The van der Waals surface area contributed by atoms with Gasteiger partial charge in [-0.1, -0.05) is 0 Å². The summed E-state index contributed by atoms with van der Waals surface area (Å²) in [5, 5.41) is 1.88. The summed E-state index contributed by atoms with van der Waals surface area (Å²) in [7, 11) is -3.90. The maximum atomic E-state index is 13.5. The van der Waals surface area contributed by atoms with E-state index < -0.39 is 21.8 Å². The predicted molar refractivity (Wildman–Crippen MR) is 127 cm³/mol. The summed E-state index contributed by atoms with van der Waals surface area (Å²) in [6.07, 6.45) is 0.0101. The largest absolute Gasteiger partial charge is 0.489 e. The number of anilines is 3. The van der Waals surface area contributed by atoms with Crippen LogP contribution in [0.25, 0.3) is 11.1 Å². The van der Waals surface area contributed by atoms with E-state index in [0.29, 0.717) is 34.8 Å². The lowest BCUT2D eigenvalue weighted by Gasteiger charge is -2.33. The number of halogens is 3. The highest BCUT2D eigenvalue weighted by molar-refractivity contribution is 7.93. The van der Waals surface area contributed by atoms with Crippen molar-refractivity contribution in [1.82, 2.24) is 9.97 Å². The van der Waals surface area contributed by atoms with Crippen molar-refractivity contribution < 1.29 is 26.3 Å². The lowest BCUT2D eigenvalue weighted by molar-refractivity contribution is -0.137. The highest BCUT2D eigenvalue weighted by Gasteiger charge is 2.32. The molecule has 0 fully saturated rings. The van der Waals surface area contributed by atoms with E-state index in [2.05, 4.69) is 14.7 Å². The second-order valence-electron chi connectivity index (χ2n) is 7.54. The molecule has 0 spiro atoms. The maximum absolute atomic E-state index is 13.5. The smallest absolute Gasteiger partial charge is 0.416 e. The molecule has 2 aromatic heterocycles. The average molecular weight is 519 g/mol. The average Bonchev–Trinajstić information content (AvgIpc) is 3.35. The SMILES string of the molecule is O=S(=O)(Nc1nccs1)c1ccc2c(c1)OCCN2c1ccc(C(F)(F)F)cc1-c1ccncc1. The van der Waals surface area contributed by atoms with E-state index in [-0.39, 0.29) is 16.6 Å². The molecule has 2 aromatic carbocycles. The number of nitrogens with zero attached hydrogens (tertiary/aromatic N) is 3. The number of hydrogen-bond donors (Lipinski definition) is 1. The second kappa shape index (κ2) is 8.86. The van der Waals surface area contributed by atoms with Crippen LogP contribution in [0.2, 0.25) is 0 Å². The van der Waals surface area contributed by atoms with E-state index in [4.69, 9.17) is 4.74 Å². The van der Waals surface area contributed by atoms with E-state index in [1.165, 1.54) is 36.8 Å². The highest BCUT2D eigenvalue weighted by atomic mass is 32.2. The molecular weight excluding hydrogens is 501 g/mol. The van der Waals surface area contributed by atoms with Gasteiger partial charge in [-0.2, -0.15) is 13.2 Å². The quantitative estimate of drug-likeness (QED) is 0.373. The Morgan fingerprint density at radius 1 is 1.00 bits per heavy atom. The van der Waals surface area contributed by atoms with Crippen LogP contribution in [0.1, 0.15) is 5.56 Å². The summed E-state index contributed by atoms with van der Waals surface area (Å²) in [5.41, 5.74) is 1.25. The van der Waals surface area contributed by atoms with Gasteiger partial charge in [0.05, 0.1) is 22.7 Å². The molecule has 180 valence electrons. The summed E-state index contributed by atoms with van der Waals surface area (Å²) >= 11 is 1.15. The number of rotatable bonds is 5. The zero-order valence-electron chi connectivity index (χ0n) is 17.9. The third-order valence-corrected chi connectivity index (χ3v) is 7.52. The molecule has 7 nitrogen and oxygen atoms in total. The van der Waals surface area contributed by atoms with Crippen molar-refractivity contribution in [3.8, 4) is 16.9 Å². The summed E-state index contributed by atoms with van der Waals surface area (Å²) in [5.74, 6) is 0.304. The van der Waals surface area contributed by atoms with Crippen LogP contribution in [0.3, 0.4) is 0 Å². The fourth-order valence-corrected chi connectivity index (χ4v) is 5.58. The summed E-state index contributed by atoms with van der Waals surface area (Å²) in [4.78, 5) is 9.69. The Balaban J connectivity index is 1.57. The summed E-state index contributed by atoms with van der Waals surface area (Å²) in [6, 6.07) is 11.2. The number of ether oxygens (including phenoxy) is 1. The van der Waals surface area contributed by atoms with Crippen LogP contribution in [0.5, 0.6) is 5.75 Å². The number of nitrogens with one attached hydrogen (secondary N) is 1. The minimum absolute atomic E-state index is 0.0184. The van der Waals surface area contributed by atoms with Gasteiger partial charge in [-0.05, 0) is 48.0 Å². The molecule has 4 aromatic rings. The lowest BCUT2D eigenvalue weighted by Crippen LogP contribution is -2.29. The van der Waals surface area contributed by atoms with Gasteiger partial charge in [0.25, 0.3) is 10.0 Å². The van der Waals surface area contributed by atoms with Crippen LogP contribution in [0.4, 0.5) is 29.7 Å². The first kappa shape index (κ1) is 23.1. The Morgan fingerprint density at radius 3 is 2.49 bits per heavy atom. The molecule has 0 amide bonds. The zero-order valence-corrected chi connectivity index (χ0v) is 19.5. The lowest BCUT2D eigenvalue weighted by atomic mass is 10.00. The topological polar surface area (TPSA) is 84.4 Å². The van der Waals surface area contributed by atoms with Crippen LogP contribution in [-0.2, 0) is 16.2 Å². The molecule has 0 saturated heterocycles. The molecule has 1 N–H and O–H groups in total. The monoisotopic (exact) mass is 518 g/mol. The van der Waals surface area contributed by atoms with E-state index in [1.807, 2.05) is 4.90 Å². The van der Waals surface area contributed by atoms with Crippen molar-refractivity contribution in [2.75, 3.05) is 22.8 Å². The normalized spacial score (nSPS) is 13.7. The molecular formula is C23H17F3N4O3S2. The zero-order chi connectivity index (χ0) is 24.6. The Kier molecular flexibility index (Phi) is 5.85.